The third kappa shape index (κ3) is 4.18. The molecule has 0 bridgehead atoms. The second-order valence-corrected chi connectivity index (χ2v) is 4.30. The molecule has 1 aromatic heterocycles. The van der Waals surface area contributed by atoms with Crippen molar-refractivity contribution in [3.63, 3.8) is 0 Å². The summed E-state index contributed by atoms with van der Waals surface area (Å²) in [6.45, 7) is 0.00229. The van der Waals surface area contributed by atoms with Gasteiger partial charge in [-0.15, -0.1) is 0 Å². The summed E-state index contributed by atoms with van der Waals surface area (Å²) in [5.41, 5.74) is 1.04. The third-order valence-corrected chi connectivity index (χ3v) is 2.80. The summed E-state index contributed by atoms with van der Waals surface area (Å²) in [6, 6.07) is 13.1. The standard InChI is InChI=1S/C15H18O5/c16-9-13(17)15(14-7-4-8-19-14)20-11-18-10-12-5-2-1-3-6-12/h1-8,13,15-17H,9-11H2/t13-,15-/m1/s1. The van der Waals surface area contributed by atoms with Crippen LogP contribution in [0.5, 0.6) is 0 Å². The van der Waals surface area contributed by atoms with Crippen LogP contribution in [0, 0.1) is 0 Å². The van der Waals surface area contributed by atoms with Crippen LogP contribution in [0.4, 0.5) is 0 Å². The Hall–Kier alpha value is -1.66. The van der Waals surface area contributed by atoms with Gasteiger partial charge in [-0.3, -0.25) is 0 Å². The molecule has 2 rings (SSSR count). The minimum atomic E-state index is -1.05. The van der Waals surface area contributed by atoms with Crippen LogP contribution in [-0.2, 0) is 16.1 Å². The van der Waals surface area contributed by atoms with Crippen LogP contribution in [0.2, 0.25) is 0 Å². The Balaban J connectivity index is 1.81. The van der Waals surface area contributed by atoms with Crippen molar-refractivity contribution in [2.24, 2.45) is 0 Å². The zero-order valence-electron chi connectivity index (χ0n) is 11.0. The Labute approximate surface area is 117 Å². The molecule has 5 heteroatoms. The first-order valence-corrected chi connectivity index (χ1v) is 6.37. The number of hydrogen-bond donors (Lipinski definition) is 2. The van der Waals surface area contributed by atoms with Crippen LogP contribution < -0.4 is 0 Å². The molecule has 2 aromatic rings. The predicted octanol–water partition coefficient (Wildman–Crippen LogP) is 1.86. The number of rotatable bonds is 8. The lowest BCUT2D eigenvalue weighted by Gasteiger charge is -2.19. The van der Waals surface area contributed by atoms with E-state index >= 15 is 0 Å². The Morgan fingerprint density at radius 1 is 1.10 bits per heavy atom. The van der Waals surface area contributed by atoms with Gasteiger partial charge in [0.05, 0.1) is 19.5 Å². The average Bonchev–Trinajstić information content (AvgIpc) is 3.01. The first-order chi connectivity index (χ1) is 9.81. The molecule has 0 saturated heterocycles. The van der Waals surface area contributed by atoms with Gasteiger partial charge < -0.3 is 24.1 Å². The van der Waals surface area contributed by atoms with Crippen molar-refractivity contribution >= 4 is 0 Å². The first kappa shape index (κ1) is 14.7. The number of aliphatic hydroxyl groups excluding tert-OH is 2. The van der Waals surface area contributed by atoms with E-state index in [0.29, 0.717) is 12.4 Å². The molecule has 2 atom stereocenters. The Morgan fingerprint density at radius 3 is 2.55 bits per heavy atom. The van der Waals surface area contributed by atoms with E-state index in [9.17, 15) is 5.11 Å². The summed E-state index contributed by atoms with van der Waals surface area (Å²) in [7, 11) is 0. The zero-order chi connectivity index (χ0) is 14.2. The number of aliphatic hydroxyl groups is 2. The van der Waals surface area contributed by atoms with Crippen LogP contribution in [0.15, 0.2) is 53.1 Å². The highest BCUT2D eigenvalue weighted by Crippen LogP contribution is 2.22. The van der Waals surface area contributed by atoms with Gasteiger partial charge in [-0.2, -0.15) is 0 Å². The summed E-state index contributed by atoms with van der Waals surface area (Å²) in [4.78, 5) is 0. The van der Waals surface area contributed by atoms with Gasteiger partial charge in [0.2, 0.25) is 0 Å². The summed E-state index contributed by atoms with van der Waals surface area (Å²) in [6.07, 6.45) is -0.312. The van der Waals surface area contributed by atoms with Crippen LogP contribution >= 0.6 is 0 Å². The van der Waals surface area contributed by atoms with E-state index in [0.717, 1.165) is 5.56 Å². The van der Waals surface area contributed by atoms with E-state index in [1.807, 2.05) is 30.3 Å². The van der Waals surface area contributed by atoms with Gasteiger partial charge in [0.25, 0.3) is 0 Å². The lowest BCUT2D eigenvalue weighted by molar-refractivity contribution is -0.144. The summed E-state index contributed by atoms with van der Waals surface area (Å²) in [5, 5.41) is 18.7. The summed E-state index contributed by atoms with van der Waals surface area (Å²) in [5.74, 6) is 0.454. The molecule has 5 nitrogen and oxygen atoms in total. The zero-order valence-corrected chi connectivity index (χ0v) is 11.0. The van der Waals surface area contributed by atoms with E-state index in [1.54, 1.807) is 12.1 Å². The lowest BCUT2D eigenvalue weighted by atomic mass is 10.1. The molecular formula is C15H18O5. The molecule has 0 aliphatic carbocycles. The molecule has 0 saturated carbocycles. The molecule has 0 aliphatic heterocycles. The van der Waals surface area contributed by atoms with Crippen molar-refractivity contribution in [3.05, 3.63) is 60.1 Å². The van der Waals surface area contributed by atoms with Crippen molar-refractivity contribution in [3.8, 4) is 0 Å². The number of benzene rings is 1. The fourth-order valence-corrected chi connectivity index (χ4v) is 1.79. The highest BCUT2D eigenvalue weighted by atomic mass is 16.7. The van der Waals surface area contributed by atoms with Crippen molar-refractivity contribution in [2.45, 2.75) is 18.8 Å². The van der Waals surface area contributed by atoms with Crippen LogP contribution in [-0.4, -0.2) is 29.7 Å². The molecule has 20 heavy (non-hydrogen) atoms. The van der Waals surface area contributed by atoms with Gasteiger partial charge in [0, 0.05) is 0 Å². The largest absolute Gasteiger partial charge is 0.466 e. The van der Waals surface area contributed by atoms with Gasteiger partial charge in [-0.05, 0) is 17.7 Å². The van der Waals surface area contributed by atoms with Gasteiger partial charge in [0.1, 0.15) is 24.8 Å². The monoisotopic (exact) mass is 278 g/mol. The van der Waals surface area contributed by atoms with Crippen LogP contribution in [0.3, 0.4) is 0 Å². The second kappa shape index (κ2) is 7.81. The Morgan fingerprint density at radius 2 is 1.90 bits per heavy atom. The summed E-state index contributed by atoms with van der Waals surface area (Å²) < 4.78 is 16.0. The van der Waals surface area contributed by atoms with Crippen LogP contribution in [0.1, 0.15) is 17.4 Å². The highest BCUT2D eigenvalue weighted by Gasteiger charge is 2.23. The lowest BCUT2D eigenvalue weighted by Crippen LogP contribution is -2.25. The van der Waals surface area contributed by atoms with E-state index in [1.165, 1.54) is 6.26 Å². The predicted molar refractivity (Wildman–Crippen MR) is 71.7 cm³/mol. The first-order valence-electron chi connectivity index (χ1n) is 6.37. The van der Waals surface area contributed by atoms with Crippen molar-refractivity contribution in [1.29, 1.82) is 0 Å². The topological polar surface area (TPSA) is 72.1 Å². The second-order valence-electron chi connectivity index (χ2n) is 4.30. The average molecular weight is 278 g/mol. The Bertz CT molecular complexity index is 468. The van der Waals surface area contributed by atoms with E-state index < -0.39 is 18.8 Å². The fourth-order valence-electron chi connectivity index (χ4n) is 1.79. The summed E-state index contributed by atoms with van der Waals surface area (Å²) >= 11 is 0. The van der Waals surface area contributed by atoms with E-state index in [4.69, 9.17) is 19.0 Å². The maximum absolute atomic E-state index is 9.72. The fraction of sp³-hybridized carbons (Fsp3) is 0.333. The molecule has 108 valence electrons. The molecule has 0 aliphatic rings. The van der Waals surface area contributed by atoms with Crippen LogP contribution in [0.25, 0.3) is 0 Å². The van der Waals surface area contributed by atoms with Crippen molar-refractivity contribution in [2.75, 3.05) is 13.4 Å². The van der Waals surface area contributed by atoms with Gasteiger partial charge in [-0.25, -0.2) is 0 Å². The molecule has 1 heterocycles. The van der Waals surface area contributed by atoms with Crippen molar-refractivity contribution < 1.29 is 24.1 Å². The quantitative estimate of drug-likeness (QED) is 0.569. The maximum atomic E-state index is 9.72. The van der Waals surface area contributed by atoms with Gasteiger partial charge >= 0.3 is 0 Å². The Kier molecular flexibility index (Phi) is 5.76. The van der Waals surface area contributed by atoms with E-state index in [2.05, 4.69) is 0 Å². The molecule has 1 aromatic carbocycles. The molecule has 0 spiro atoms. The smallest absolute Gasteiger partial charge is 0.148 e. The molecular weight excluding hydrogens is 260 g/mol. The number of furan rings is 1. The highest BCUT2D eigenvalue weighted by molar-refractivity contribution is 5.13. The van der Waals surface area contributed by atoms with Gasteiger partial charge in [0.15, 0.2) is 0 Å². The number of hydrogen-bond acceptors (Lipinski definition) is 5. The minimum absolute atomic E-state index is 0.00266. The van der Waals surface area contributed by atoms with Gasteiger partial charge in [-0.1, -0.05) is 30.3 Å². The molecule has 0 radical (unpaired) electrons. The normalized spacial score (nSPS) is 14.1. The van der Waals surface area contributed by atoms with E-state index in [-0.39, 0.29) is 6.79 Å². The number of ether oxygens (including phenoxy) is 2. The molecule has 0 amide bonds. The molecule has 0 unspecified atom stereocenters. The minimum Gasteiger partial charge on any atom is -0.466 e. The molecule has 2 N–H and O–H groups in total. The maximum Gasteiger partial charge on any atom is 0.148 e. The molecule has 0 fully saturated rings. The third-order valence-electron chi connectivity index (χ3n) is 2.80. The van der Waals surface area contributed by atoms with Crippen molar-refractivity contribution in [1.82, 2.24) is 0 Å². The SMILES string of the molecule is OC[C@@H](O)[C@@H](OCOCc1ccccc1)c1ccco1.